The number of hydrogen-bond acceptors (Lipinski definition) is 4. The predicted octanol–water partition coefficient (Wildman–Crippen LogP) is 1.49. The van der Waals surface area contributed by atoms with Gasteiger partial charge in [-0.2, -0.15) is 0 Å². The van der Waals surface area contributed by atoms with Crippen molar-refractivity contribution in [1.82, 2.24) is 10.3 Å². The molecule has 19 heavy (non-hydrogen) atoms. The fraction of sp³-hybridized carbons (Fsp3) is 0.571. The molecule has 1 aromatic heterocycles. The van der Waals surface area contributed by atoms with Crippen LogP contribution in [0.2, 0.25) is 0 Å². The van der Waals surface area contributed by atoms with Gasteiger partial charge in [-0.05, 0) is 45.4 Å². The largest absolute Gasteiger partial charge is 0.389 e. The molecule has 0 saturated carbocycles. The fourth-order valence-corrected chi connectivity index (χ4v) is 1.76. The molecule has 1 atom stereocenters. The zero-order valence-corrected chi connectivity index (χ0v) is 12.1. The molecule has 5 heteroatoms. The van der Waals surface area contributed by atoms with E-state index < -0.39 is 6.10 Å². The van der Waals surface area contributed by atoms with Crippen LogP contribution in [-0.2, 0) is 4.79 Å². The second-order valence-electron chi connectivity index (χ2n) is 4.86. The van der Waals surface area contributed by atoms with Crippen molar-refractivity contribution in [2.75, 3.05) is 18.0 Å². The van der Waals surface area contributed by atoms with Gasteiger partial charge < -0.3 is 15.3 Å². The first-order valence-corrected chi connectivity index (χ1v) is 6.62. The van der Waals surface area contributed by atoms with Crippen LogP contribution in [0.25, 0.3) is 0 Å². The summed E-state index contributed by atoms with van der Waals surface area (Å²) in [5.41, 5.74) is 0.799. The molecule has 0 aliphatic rings. The maximum absolute atomic E-state index is 11.8. The van der Waals surface area contributed by atoms with Crippen LogP contribution in [0.3, 0.4) is 0 Å². The third-order valence-corrected chi connectivity index (χ3v) is 2.74. The van der Waals surface area contributed by atoms with Crippen molar-refractivity contribution in [3.8, 4) is 0 Å². The van der Waals surface area contributed by atoms with Gasteiger partial charge in [-0.1, -0.05) is 0 Å². The molecule has 1 amide bonds. The highest BCUT2D eigenvalue weighted by Crippen LogP contribution is 2.17. The number of aliphatic hydroxyl groups is 1. The van der Waals surface area contributed by atoms with Gasteiger partial charge in [0, 0.05) is 18.8 Å². The molecule has 0 spiro atoms. The van der Waals surface area contributed by atoms with Crippen molar-refractivity contribution in [2.45, 2.75) is 39.8 Å². The number of amides is 1. The van der Waals surface area contributed by atoms with E-state index in [9.17, 15) is 9.90 Å². The first-order valence-electron chi connectivity index (χ1n) is 6.62. The summed E-state index contributed by atoms with van der Waals surface area (Å²) in [6.45, 7) is 8.49. The van der Waals surface area contributed by atoms with Crippen LogP contribution in [0.15, 0.2) is 18.3 Å². The molecule has 0 aliphatic carbocycles. The Morgan fingerprint density at radius 3 is 2.68 bits per heavy atom. The van der Waals surface area contributed by atoms with Gasteiger partial charge in [-0.15, -0.1) is 0 Å². The quantitative estimate of drug-likeness (QED) is 0.818. The topological polar surface area (TPSA) is 65.5 Å². The number of carbonyl (C=O) groups is 1. The van der Waals surface area contributed by atoms with E-state index in [2.05, 4.69) is 10.3 Å². The summed E-state index contributed by atoms with van der Waals surface area (Å²) in [5, 5.41) is 12.4. The van der Waals surface area contributed by atoms with Gasteiger partial charge in [0.2, 0.25) is 5.91 Å². The van der Waals surface area contributed by atoms with E-state index in [0.717, 1.165) is 5.56 Å². The molecule has 0 aliphatic heterocycles. The number of aromatic nitrogens is 1. The molecule has 0 unspecified atom stereocenters. The molecule has 1 aromatic rings. The van der Waals surface area contributed by atoms with Crippen LogP contribution >= 0.6 is 0 Å². The Morgan fingerprint density at radius 2 is 2.16 bits per heavy atom. The van der Waals surface area contributed by atoms with E-state index in [0.29, 0.717) is 12.4 Å². The van der Waals surface area contributed by atoms with Gasteiger partial charge in [0.25, 0.3) is 0 Å². The number of nitrogens with one attached hydrogen (secondary N) is 1. The van der Waals surface area contributed by atoms with Crippen LogP contribution in [0.1, 0.15) is 39.4 Å². The Morgan fingerprint density at radius 1 is 1.47 bits per heavy atom. The number of carbonyl (C=O) groups excluding carboxylic acids is 1. The zero-order chi connectivity index (χ0) is 14.4. The molecule has 2 N–H and O–H groups in total. The van der Waals surface area contributed by atoms with Gasteiger partial charge in [-0.25, -0.2) is 4.98 Å². The minimum atomic E-state index is -0.537. The minimum Gasteiger partial charge on any atom is -0.389 e. The lowest BCUT2D eigenvalue weighted by molar-refractivity contribution is -0.120. The summed E-state index contributed by atoms with van der Waals surface area (Å²) in [6, 6.07) is 3.72. The van der Waals surface area contributed by atoms with E-state index in [4.69, 9.17) is 0 Å². The monoisotopic (exact) mass is 265 g/mol. The maximum Gasteiger partial charge on any atom is 0.239 e. The van der Waals surface area contributed by atoms with E-state index in [1.54, 1.807) is 19.2 Å². The van der Waals surface area contributed by atoms with E-state index in [-0.39, 0.29) is 18.5 Å². The van der Waals surface area contributed by atoms with E-state index in [1.165, 1.54) is 0 Å². The maximum atomic E-state index is 11.8. The van der Waals surface area contributed by atoms with Crippen LogP contribution in [0, 0.1) is 0 Å². The van der Waals surface area contributed by atoms with Crippen molar-refractivity contribution in [1.29, 1.82) is 0 Å². The van der Waals surface area contributed by atoms with Crippen LogP contribution in [0.4, 0.5) is 5.82 Å². The predicted molar refractivity (Wildman–Crippen MR) is 76.0 cm³/mol. The zero-order valence-electron chi connectivity index (χ0n) is 12.1. The second-order valence-corrected chi connectivity index (χ2v) is 4.86. The van der Waals surface area contributed by atoms with Crippen LogP contribution < -0.4 is 10.2 Å². The lowest BCUT2D eigenvalue weighted by Crippen LogP contribution is -2.40. The third kappa shape index (κ3) is 4.87. The Balaban J connectivity index is 2.79. The molecule has 0 radical (unpaired) electrons. The number of rotatable bonds is 6. The second kappa shape index (κ2) is 7.09. The first-order chi connectivity index (χ1) is 8.93. The van der Waals surface area contributed by atoms with Gasteiger partial charge in [0.05, 0.1) is 12.6 Å². The van der Waals surface area contributed by atoms with Crippen molar-refractivity contribution in [3.63, 3.8) is 0 Å². The summed E-state index contributed by atoms with van der Waals surface area (Å²) in [4.78, 5) is 17.9. The molecular formula is C14H23N3O2. The Labute approximate surface area is 114 Å². The van der Waals surface area contributed by atoms with Crippen LogP contribution in [0.5, 0.6) is 0 Å². The van der Waals surface area contributed by atoms with Crippen molar-refractivity contribution in [3.05, 3.63) is 23.9 Å². The van der Waals surface area contributed by atoms with E-state index in [1.807, 2.05) is 31.7 Å². The van der Waals surface area contributed by atoms with Crippen molar-refractivity contribution >= 4 is 11.7 Å². The normalized spacial score (nSPS) is 12.3. The third-order valence-electron chi connectivity index (χ3n) is 2.74. The Hall–Kier alpha value is -1.62. The highest BCUT2D eigenvalue weighted by molar-refractivity contribution is 5.81. The highest BCUT2D eigenvalue weighted by atomic mass is 16.3. The Bertz CT molecular complexity index is 419. The molecule has 0 bridgehead atoms. The molecule has 5 nitrogen and oxygen atoms in total. The number of aliphatic hydroxyl groups excluding tert-OH is 1. The summed E-state index contributed by atoms with van der Waals surface area (Å²) in [5.74, 6) is 0.681. The molecule has 0 fully saturated rings. The number of anilines is 1. The number of nitrogens with zero attached hydrogens (tertiary/aromatic N) is 2. The fourth-order valence-electron chi connectivity index (χ4n) is 1.76. The summed E-state index contributed by atoms with van der Waals surface area (Å²) >= 11 is 0. The SMILES string of the molecule is CCN(CC(=O)NC(C)C)c1cc([C@@H](C)O)ccn1. The molecule has 106 valence electrons. The molecule has 1 heterocycles. The average Bonchev–Trinajstić information content (AvgIpc) is 2.35. The van der Waals surface area contributed by atoms with Gasteiger partial charge in [0.1, 0.15) is 5.82 Å². The Kier molecular flexibility index (Phi) is 5.76. The number of pyridine rings is 1. The van der Waals surface area contributed by atoms with Crippen LogP contribution in [-0.4, -0.2) is 35.1 Å². The lowest BCUT2D eigenvalue weighted by Gasteiger charge is -2.22. The minimum absolute atomic E-state index is 0.0268. The lowest BCUT2D eigenvalue weighted by atomic mass is 10.1. The van der Waals surface area contributed by atoms with Crippen molar-refractivity contribution < 1.29 is 9.90 Å². The molecule has 0 saturated heterocycles. The molecule has 0 aromatic carbocycles. The van der Waals surface area contributed by atoms with Gasteiger partial charge in [-0.3, -0.25) is 4.79 Å². The van der Waals surface area contributed by atoms with Gasteiger partial charge >= 0.3 is 0 Å². The molecular weight excluding hydrogens is 242 g/mol. The summed E-state index contributed by atoms with van der Waals surface area (Å²) in [6.07, 6.45) is 1.12. The summed E-state index contributed by atoms with van der Waals surface area (Å²) < 4.78 is 0. The molecule has 1 rings (SSSR count). The van der Waals surface area contributed by atoms with Crippen molar-refractivity contribution in [2.24, 2.45) is 0 Å². The highest BCUT2D eigenvalue weighted by Gasteiger charge is 2.13. The smallest absolute Gasteiger partial charge is 0.239 e. The number of likely N-dealkylation sites (N-methyl/N-ethyl adjacent to an activating group) is 1. The van der Waals surface area contributed by atoms with Gasteiger partial charge in [0.15, 0.2) is 0 Å². The standard InChI is InChI=1S/C14H23N3O2/c1-5-17(9-14(19)16-10(2)3)13-8-12(11(4)18)6-7-15-13/h6-8,10-11,18H,5,9H2,1-4H3,(H,16,19)/t11-/m1/s1. The first kappa shape index (κ1) is 15.4. The average molecular weight is 265 g/mol. The van der Waals surface area contributed by atoms with E-state index >= 15 is 0 Å². The number of hydrogen-bond donors (Lipinski definition) is 2. The summed E-state index contributed by atoms with van der Waals surface area (Å²) in [7, 11) is 0.